The van der Waals surface area contributed by atoms with Gasteiger partial charge in [-0.15, -0.1) is 0 Å². The molecule has 0 unspecified atom stereocenters. The number of Topliss-reactive ketones (excluding diaryl/α,β-unsaturated/α-hetero) is 1. The van der Waals surface area contributed by atoms with E-state index in [4.69, 9.17) is 0 Å². The molecule has 0 atom stereocenters. The summed E-state index contributed by atoms with van der Waals surface area (Å²) in [5.74, 6) is -1.80. The van der Waals surface area contributed by atoms with Gasteiger partial charge in [0, 0.05) is 5.56 Å². The van der Waals surface area contributed by atoms with Crippen LogP contribution in [-0.4, -0.2) is 12.0 Å². The zero-order valence-corrected chi connectivity index (χ0v) is 9.39. The Labute approximate surface area is 103 Å². The van der Waals surface area contributed by atoms with Gasteiger partial charge < -0.3 is 0 Å². The van der Waals surface area contributed by atoms with Gasteiger partial charge in [0.05, 0.1) is 0 Å². The van der Waals surface area contributed by atoms with Crippen LogP contribution in [0, 0.1) is 0 Å². The number of hydrogen-bond donors (Lipinski definition) is 0. The molecule has 0 amide bonds. The van der Waals surface area contributed by atoms with Crippen LogP contribution >= 0.6 is 0 Å². The van der Waals surface area contributed by atoms with E-state index in [-0.39, 0.29) is 5.56 Å². The third kappa shape index (κ3) is 4.82. The fourth-order valence-corrected chi connectivity index (χ4v) is 1.14. The van der Waals surface area contributed by atoms with E-state index in [0.717, 1.165) is 12.1 Å². The maximum atomic E-state index is 11.8. The van der Waals surface area contributed by atoms with E-state index in [1.54, 1.807) is 6.07 Å². The molecule has 0 aliphatic heterocycles. The standard InChI is InChI=1S/C8H5F3O.C6H6/c9-8(10,11)7(12)6-4-2-1-3-5-6;1-2-4-6-5-3-1/h1-5H;1-6H. The van der Waals surface area contributed by atoms with Crippen LogP contribution in [0.3, 0.4) is 0 Å². The smallest absolute Gasteiger partial charge is 0.284 e. The number of alkyl halides is 3. The van der Waals surface area contributed by atoms with Crippen LogP contribution in [0.1, 0.15) is 10.4 Å². The minimum Gasteiger partial charge on any atom is -0.284 e. The largest absolute Gasteiger partial charge is 0.454 e. The lowest BCUT2D eigenvalue weighted by Crippen LogP contribution is -2.22. The van der Waals surface area contributed by atoms with Crippen molar-refractivity contribution in [1.82, 2.24) is 0 Å². The SMILES string of the molecule is O=C(c1ccccc1)C(F)(F)F.c1ccccc1. The monoisotopic (exact) mass is 252 g/mol. The highest BCUT2D eigenvalue weighted by Crippen LogP contribution is 2.20. The van der Waals surface area contributed by atoms with E-state index in [9.17, 15) is 18.0 Å². The molecule has 0 aromatic heterocycles. The van der Waals surface area contributed by atoms with E-state index < -0.39 is 12.0 Å². The van der Waals surface area contributed by atoms with Gasteiger partial charge in [0.2, 0.25) is 0 Å². The summed E-state index contributed by atoms with van der Waals surface area (Å²) in [4.78, 5) is 10.5. The van der Waals surface area contributed by atoms with Gasteiger partial charge in [-0.1, -0.05) is 66.7 Å². The summed E-state index contributed by atoms with van der Waals surface area (Å²) in [5, 5.41) is 0. The van der Waals surface area contributed by atoms with E-state index in [1.807, 2.05) is 36.4 Å². The molecule has 4 heteroatoms. The number of halogens is 3. The van der Waals surface area contributed by atoms with E-state index in [1.165, 1.54) is 12.1 Å². The van der Waals surface area contributed by atoms with Crippen LogP contribution < -0.4 is 0 Å². The summed E-state index contributed by atoms with van der Waals surface area (Å²) in [5.41, 5.74) is -0.329. The second-order valence-electron chi connectivity index (χ2n) is 3.35. The van der Waals surface area contributed by atoms with Crippen molar-refractivity contribution in [2.24, 2.45) is 0 Å². The molecular formula is C14H11F3O. The van der Waals surface area contributed by atoms with Crippen molar-refractivity contribution in [3.63, 3.8) is 0 Å². The Kier molecular flexibility index (Phi) is 5.11. The van der Waals surface area contributed by atoms with Crippen LogP contribution in [0.25, 0.3) is 0 Å². The Morgan fingerprint density at radius 2 is 1.06 bits per heavy atom. The van der Waals surface area contributed by atoms with Gasteiger partial charge in [0.1, 0.15) is 0 Å². The molecule has 0 heterocycles. The van der Waals surface area contributed by atoms with Gasteiger partial charge in [-0.2, -0.15) is 13.2 Å². The topological polar surface area (TPSA) is 17.1 Å². The van der Waals surface area contributed by atoms with Crippen molar-refractivity contribution in [3.05, 3.63) is 72.3 Å². The maximum Gasteiger partial charge on any atom is 0.454 e. The quantitative estimate of drug-likeness (QED) is 0.698. The summed E-state index contributed by atoms with van der Waals surface area (Å²) < 4.78 is 35.4. The summed E-state index contributed by atoms with van der Waals surface area (Å²) in [6, 6.07) is 18.6. The highest BCUT2D eigenvalue weighted by Gasteiger charge is 2.38. The third-order valence-electron chi connectivity index (χ3n) is 1.96. The molecule has 0 bridgehead atoms. The van der Waals surface area contributed by atoms with Crippen molar-refractivity contribution < 1.29 is 18.0 Å². The molecule has 18 heavy (non-hydrogen) atoms. The van der Waals surface area contributed by atoms with Gasteiger partial charge in [-0.25, -0.2) is 0 Å². The number of carbonyl (C=O) groups is 1. The molecule has 0 saturated heterocycles. The number of benzene rings is 2. The Bertz CT molecular complexity index is 437. The zero-order valence-electron chi connectivity index (χ0n) is 9.39. The third-order valence-corrected chi connectivity index (χ3v) is 1.96. The second kappa shape index (κ2) is 6.59. The van der Waals surface area contributed by atoms with E-state index in [0.29, 0.717) is 0 Å². The van der Waals surface area contributed by atoms with Crippen molar-refractivity contribution in [3.8, 4) is 0 Å². The lowest BCUT2D eigenvalue weighted by atomic mass is 10.1. The van der Waals surface area contributed by atoms with Crippen LogP contribution in [-0.2, 0) is 0 Å². The fraction of sp³-hybridized carbons (Fsp3) is 0.0714. The van der Waals surface area contributed by atoms with E-state index >= 15 is 0 Å². The average molecular weight is 252 g/mol. The van der Waals surface area contributed by atoms with Crippen LogP contribution in [0.5, 0.6) is 0 Å². The van der Waals surface area contributed by atoms with Crippen molar-refractivity contribution in [2.75, 3.05) is 0 Å². The minimum atomic E-state index is -4.78. The van der Waals surface area contributed by atoms with Crippen molar-refractivity contribution >= 4 is 5.78 Å². The number of rotatable bonds is 1. The molecule has 2 rings (SSSR count). The number of ketones is 1. The summed E-state index contributed by atoms with van der Waals surface area (Å²) in [7, 11) is 0. The van der Waals surface area contributed by atoms with Gasteiger partial charge in [0.15, 0.2) is 0 Å². The molecule has 94 valence electrons. The van der Waals surface area contributed by atoms with Crippen molar-refractivity contribution in [2.45, 2.75) is 6.18 Å². The van der Waals surface area contributed by atoms with Crippen LogP contribution in [0.4, 0.5) is 13.2 Å². The lowest BCUT2D eigenvalue weighted by molar-refractivity contribution is -0.0885. The highest BCUT2D eigenvalue weighted by atomic mass is 19.4. The summed E-state index contributed by atoms with van der Waals surface area (Å²) in [6.45, 7) is 0. The predicted octanol–water partition coefficient (Wildman–Crippen LogP) is 4.12. The molecule has 0 aliphatic rings. The van der Waals surface area contributed by atoms with Crippen LogP contribution in [0.2, 0.25) is 0 Å². The zero-order chi connectivity index (χ0) is 13.4. The van der Waals surface area contributed by atoms with Gasteiger partial charge in [0.25, 0.3) is 5.78 Å². The second-order valence-corrected chi connectivity index (χ2v) is 3.35. The number of carbonyl (C=O) groups excluding carboxylic acids is 1. The lowest BCUT2D eigenvalue weighted by Gasteiger charge is -2.03. The molecule has 2 aromatic rings. The summed E-state index contributed by atoms with van der Waals surface area (Å²) in [6.07, 6.45) is -4.78. The Hall–Kier alpha value is -2.10. The Morgan fingerprint density at radius 1 is 0.722 bits per heavy atom. The summed E-state index contributed by atoms with van der Waals surface area (Å²) >= 11 is 0. The molecule has 0 saturated carbocycles. The number of hydrogen-bond acceptors (Lipinski definition) is 1. The first kappa shape index (κ1) is 14.0. The molecule has 0 aliphatic carbocycles. The average Bonchev–Trinajstić information content (AvgIpc) is 2.40. The molecule has 0 fully saturated rings. The maximum absolute atomic E-state index is 11.8. The van der Waals surface area contributed by atoms with E-state index in [2.05, 4.69) is 0 Å². The van der Waals surface area contributed by atoms with Gasteiger partial charge in [-0.05, 0) is 0 Å². The molecule has 1 nitrogen and oxygen atoms in total. The first-order valence-electron chi connectivity index (χ1n) is 5.18. The van der Waals surface area contributed by atoms with Crippen LogP contribution in [0.15, 0.2) is 66.7 Å². The Balaban J connectivity index is 0.000000225. The predicted molar refractivity (Wildman–Crippen MR) is 63.3 cm³/mol. The minimum absolute atomic E-state index is 0.329. The molecular weight excluding hydrogens is 241 g/mol. The molecule has 0 radical (unpaired) electrons. The van der Waals surface area contributed by atoms with Gasteiger partial charge >= 0.3 is 6.18 Å². The normalized spacial score (nSPS) is 10.2. The first-order chi connectivity index (χ1) is 8.52. The Morgan fingerprint density at radius 3 is 1.39 bits per heavy atom. The fourth-order valence-electron chi connectivity index (χ4n) is 1.14. The molecule has 2 aromatic carbocycles. The highest BCUT2D eigenvalue weighted by molar-refractivity contribution is 6.00. The van der Waals surface area contributed by atoms with Crippen molar-refractivity contribution in [1.29, 1.82) is 0 Å². The molecule has 0 N–H and O–H groups in total. The molecule has 0 spiro atoms. The van der Waals surface area contributed by atoms with Gasteiger partial charge in [-0.3, -0.25) is 4.79 Å². The first-order valence-corrected chi connectivity index (χ1v) is 5.18.